The number of aryl methyl sites for hydroxylation is 1. The van der Waals surface area contributed by atoms with Crippen LogP contribution in [0.2, 0.25) is 0 Å². The highest BCUT2D eigenvalue weighted by atomic mass is 14.9. The summed E-state index contributed by atoms with van der Waals surface area (Å²) in [6.45, 7) is 6.57. The second kappa shape index (κ2) is 5.75. The van der Waals surface area contributed by atoms with Crippen LogP contribution < -0.4 is 5.32 Å². The van der Waals surface area contributed by atoms with Crippen molar-refractivity contribution < 1.29 is 0 Å². The molecule has 1 aromatic heterocycles. The predicted octanol–water partition coefficient (Wildman–Crippen LogP) is 3.80. The van der Waals surface area contributed by atoms with Crippen molar-refractivity contribution >= 4 is 5.69 Å². The fourth-order valence-corrected chi connectivity index (χ4v) is 1.88. The van der Waals surface area contributed by atoms with Gasteiger partial charge in [0.15, 0.2) is 0 Å². The molecule has 0 spiro atoms. The first-order chi connectivity index (χ1) is 9.51. The van der Waals surface area contributed by atoms with Crippen molar-refractivity contribution in [3.8, 4) is 6.07 Å². The maximum absolute atomic E-state index is 9.12. The zero-order valence-corrected chi connectivity index (χ0v) is 12.1. The summed E-state index contributed by atoms with van der Waals surface area (Å²) >= 11 is 0. The number of benzene rings is 1. The van der Waals surface area contributed by atoms with E-state index in [-0.39, 0.29) is 0 Å². The molecule has 0 atom stereocenters. The zero-order valence-electron chi connectivity index (χ0n) is 12.1. The molecule has 1 N–H and O–H groups in total. The molecule has 0 aliphatic rings. The lowest BCUT2D eigenvalue weighted by Gasteiger charge is -2.16. The molecule has 0 aliphatic carbocycles. The van der Waals surface area contributed by atoms with E-state index in [1.807, 2.05) is 57.3 Å². The molecule has 0 saturated heterocycles. The summed E-state index contributed by atoms with van der Waals surface area (Å²) < 4.78 is 0. The number of nitrogens with zero attached hydrogens (tertiary/aromatic N) is 2. The van der Waals surface area contributed by atoms with Crippen molar-refractivity contribution in [2.75, 3.05) is 5.32 Å². The molecule has 0 fully saturated rings. The average molecular weight is 265 g/mol. The Morgan fingerprint density at radius 1 is 1.15 bits per heavy atom. The van der Waals surface area contributed by atoms with Gasteiger partial charge in [0.1, 0.15) is 0 Å². The van der Waals surface area contributed by atoms with Crippen molar-refractivity contribution in [1.29, 1.82) is 5.26 Å². The summed E-state index contributed by atoms with van der Waals surface area (Å²) in [6.07, 6.45) is 1.88. The molecule has 0 saturated carbocycles. The fourth-order valence-electron chi connectivity index (χ4n) is 1.88. The topological polar surface area (TPSA) is 48.7 Å². The highest BCUT2D eigenvalue weighted by molar-refractivity contribution is 5.47. The number of nitriles is 1. The third kappa shape index (κ3) is 3.36. The number of hydrogen-bond donors (Lipinski definition) is 1. The Balaban J connectivity index is 2.01. The molecule has 0 radical (unpaired) electrons. The number of rotatable bonds is 4. The number of hydrogen-bond acceptors (Lipinski definition) is 3. The second-order valence-corrected chi connectivity index (χ2v) is 5.48. The van der Waals surface area contributed by atoms with E-state index in [4.69, 9.17) is 5.26 Å². The van der Waals surface area contributed by atoms with Crippen LogP contribution in [0.4, 0.5) is 5.69 Å². The molecule has 0 aliphatic heterocycles. The van der Waals surface area contributed by atoms with Crippen molar-refractivity contribution in [3.05, 3.63) is 59.4 Å². The lowest BCUT2D eigenvalue weighted by atomic mass is 9.86. The van der Waals surface area contributed by atoms with Gasteiger partial charge in [0.2, 0.25) is 0 Å². The molecular weight excluding hydrogens is 246 g/mol. The molecule has 1 heterocycles. The molecule has 3 heteroatoms. The van der Waals surface area contributed by atoms with Crippen molar-refractivity contribution in [2.24, 2.45) is 0 Å². The second-order valence-electron chi connectivity index (χ2n) is 5.48. The van der Waals surface area contributed by atoms with Crippen LogP contribution in [0, 0.1) is 18.3 Å². The Bertz CT molecular complexity index is 604. The highest BCUT2D eigenvalue weighted by Crippen LogP contribution is 2.23. The van der Waals surface area contributed by atoms with Gasteiger partial charge in [-0.3, -0.25) is 4.98 Å². The highest BCUT2D eigenvalue weighted by Gasteiger charge is 2.18. The summed E-state index contributed by atoms with van der Waals surface area (Å²) in [7, 11) is 0. The van der Waals surface area contributed by atoms with Gasteiger partial charge >= 0.3 is 0 Å². The van der Waals surface area contributed by atoms with Crippen molar-refractivity contribution in [2.45, 2.75) is 32.7 Å². The van der Waals surface area contributed by atoms with Crippen LogP contribution in [0.5, 0.6) is 0 Å². The van der Waals surface area contributed by atoms with E-state index >= 15 is 0 Å². The molecule has 0 bridgehead atoms. The van der Waals surface area contributed by atoms with Crippen molar-refractivity contribution in [1.82, 2.24) is 4.98 Å². The van der Waals surface area contributed by atoms with Crippen LogP contribution in [0.15, 0.2) is 42.6 Å². The number of pyridine rings is 1. The quantitative estimate of drug-likeness (QED) is 0.914. The van der Waals surface area contributed by atoms with Gasteiger partial charge < -0.3 is 5.32 Å². The lowest BCUT2D eigenvalue weighted by molar-refractivity contribution is 0.687. The first-order valence-corrected chi connectivity index (χ1v) is 6.68. The first kappa shape index (κ1) is 14.1. The van der Waals surface area contributed by atoms with Crippen LogP contribution >= 0.6 is 0 Å². The van der Waals surface area contributed by atoms with Gasteiger partial charge in [-0.05, 0) is 50.1 Å². The predicted molar refractivity (Wildman–Crippen MR) is 81.4 cm³/mol. The molecule has 102 valence electrons. The van der Waals surface area contributed by atoms with E-state index in [2.05, 4.69) is 22.4 Å². The SMILES string of the molecule is Cc1ccc(CNc2ccc(C(C)(C)C#N)cc2)cn1. The number of nitrogens with one attached hydrogen (secondary N) is 1. The van der Waals surface area contributed by atoms with Gasteiger partial charge in [-0.2, -0.15) is 5.26 Å². The summed E-state index contributed by atoms with van der Waals surface area (Å²) in [5.74, 6) is 0. The Morgan fingerprint density at radius 3 is 2.40 bits per heavy atom. The molecule has 20 heavy (non-hydrogen) atoms. The third-order valence-corrected chi connectivity index (χ3v) is 3.36. The Kier molecular flexibility index (Phi) is 4.05. The fraction of sp³-hybridized carbons (Fsp3) is 0.294. The lowest BCUT2D eigenvalue weighted by Crippen LogP contribution is -2.13. The monoisotopic (exact) mass is 265 g/mol. The molecule has 3 nitrogen and oxygen atoms in total. The minimum absolute atomic E-state index is 0.445. The van der Waals surface area contributed by atoms with E-state index < -0.39 is 5.41 Å². The smallest absolute Gasteiger partial charge is 0.0766 e. The van der Waals surface area contributed by atoms with E-state index in [1.54, 1.807) is 0 Å². The van der Waals surface area contributed by atoms with Gasteiger partial charge in [0.25, 0.3) is 0 Å². The van der Waals surface area contributed by atoms with Gasteiger partial charge in [-0.1, -0.05) is 18.2 Å². The minimum atomic E-state index is -0.445. The van der Waals surface area contributed by atoms with Gasteiger partial charge in [0.05, 0.1) is 11.5 Å². The van der Waals surface area contributed by atoms with E-state index in [0.717, 1.165) is 29.1 Å². The first-order valence-electron chi connectivity index (χ1n) is 6.68. The molecule has 2 aromatic rings. The molecule has 0 unspecified atom stereocenters. The Morgan fingerprint density at radius 2 is 1.85 bits per heavy atom. The van der Waals surface area contributed by atoms with Crippen LogP contribution in [-0.4, -0.2) is 4.98 Å². The van der Waals surface area contributed by atoms with Crippen molar-refractivity contribution in [3.63, 3.8) is 0 Å². The standard InChI is InChI=1S/C17H19N3/c1-13-4-5-14(10-19-13)11-20-16-8-6-15(7-9-16)17(2,3)12-18/h4-10,20H,11H2,1-3H3. The Hall–Kier alpha value is -2.34. The van der Waals surface area contributed by atoms with Gasteiger partial charge in [0, 0.05) is 24.1 Å². The molecule has 1 aromatic carbocycles. The third-order valence-electron chi connectivity index (χ3n) is 3.36. The van der Waals surface area contributed by atoms with E-state index in [9.17, 15) is 0 Å². The largest absolute Gasteiger partial charge is 0.381 e. The molecule has 0 amide bonds. The van der Waals surface area contributed by atoms with Crippen LogP contribution in [0.1, 0.15) is 30.7 Å². The summed E-state index contributed by atoms with van der Waals surface area (Å²) in [4.78, 5) is 4.27. The van der Waals surface area contributed by atoms with E-state index in [0.29, 0.717) is 0 Å². The summed E-state index contributed by atoms with van der Waals surface area (Å²) in [5, 5.41) is 12.5. The Labute approximate surface area is 120 Å². The molecular formula is C17H19N3. The maximum Gasteiger partial charge on any atom is 0.0766 e. The van der Waals surface area contributed by atoms with Gasteiger partial charge in [-0.25, -0.2) is 0 Å². The molecule has 2 rings (SSSR count). The van der Waals surface area contributed by atoms with Crippen LogP contribution in [0.3, 0.4) is 0 Å². The minimum Gasteiger partial charge on any atom is -0.381 e. The van der Waals surface area contributed by atoms with Gasteiger partial charge in [-0.15, -0.1) is 0 Å². The van der Waals surface area contributed by atoms with Crippen LogP contribution in [0.25, 0.3) is 0 Å². The zero-order chi connectivity index (χ0) is 14.6. The number of anilines is 1. The number of aromatic nitrogens is 1. The average Bonchev–Trinajstić information content (AvgIpc) is 2.47. The maximum atomic E-state index is 9.12. The van der Waals surface area contributed by atoms with Crippen LogP contribution in [-0.2, 0) is 12.0 Å². The van der Waals surface area contributed by atoms with E-state index in [1.165, 1.54) is 0 Å². The normalized spacial score (nSPS) is 10.9. The summed E-state index contributed by atoms with van der Waals surface area (Å²) in [6, 6.07) is 14.4. The summed E-state index contributed by atoms with van der Waals surface area (Å²) in [5.41, 5.74) is 3.80.